The Hall–Kier alpha value is -2.36. The van der Waals surface area contributed by atoms with Gasteiger partial charge in [-0.25, -0.2) is 4.79 Å². The highest BCUT2D eigenvalue weighted by Crippen LogP contribution is 2.08. The number of pyridine rings is 1. The Balaban J connectivity index is 1.76. The molecule has 110 valence electrons. The Labute approximate surface area is 125 Å². The number of nitrogens with one attached hydrogen (secondary N) is 2. The molecule has 2 rings (SSSR count). The van der Waals surface area contributed by atoms with E-state index < -0.39 is 0 Å². The quantitative estimate of drug-likeness (QED) is 0.886. The highest BCUT2D eigenvalue weighted by Gasteiger charge is 2.09. The van der Waals surface area contributed by atoms with E-state index in [0.29, 0.717) is 6.54 Å². The molecule has 0 fully saturated rings. The highest BCUT2D eigenvalue weighted by molar-refractivity contribution is 5.74. The van der Waals surface area contributed by atoms with Crippen molar-refractivity contribution in [2.24, 2.45) is 0 Å². The smallest absolute Gasteiger partial charge is 0.315 e. The van der Waals surface area contributed by atoms with Crippen molar-refractivity contribution in [3.8, 4) is 0 Å². The fourth-order valence-electron chi connectivity index (χ4n) is 2.16. The molecule has 2 amide bonds. The second kappa shape index (κ2) is 7.43. The van der Waals surface area contributed by atoms with E-state index in [1.807, 2.05) is 37.3 Å². The van der Waals surface area contributed by atoms with Crippen LogP contribution in [0, 0.1) is 6.92 Å². The van der Waals surface area contributed by atoms with E-state index in [2.05, 4.69) is 34.7 Å². The number of amides is 2. The fraction of sp³-hybridized carbons (Fsp3) is 0.294. The maximum Gasteiger partial charge on any atom is 0.315 e. The largest absolute Gasteiger partial charge is 0.338 e. The Morgan fingerprint density at radius 2 is 1.95 bits per heavy atom. The topological polar surface area (TPSA) is 54.0 Å². The number of nitrogens with zero attached hydrogens (tertiary/aromatic N) is 1. The Bertz CT molecular complexity index is 584. The molecule has 4 heteroatoms. The van der Waals surface area contributed by atoms with E-state index in [1.54, 1.807) is 6.20 Å². The molecule has 0 unspecified atom stereocenters. The number of urea groups is 1. The van der Waals surface area contributed by atoms with Crippen LogP contribution in [0.3, 0.4) is 0 Å². The molecule has 0 aliphatic heterocycles. The third-order valence-electron chi connectivity index (χ3n) is 3.42. The van der Waals surface area contributed by atoms with Crippen molar-refractivity contribution in [3.05, 3.63) is 65.5 Å². The van der Waals surface area contributed by atoms with Gasteiger partial charge < -0.3 is 10.6 Å². The first-order valence-electron chi connectivity index (χ1n) is 7.16. The molecule has 0 radical (unpaired) electrons. The summed E-state index contributed by atoms with van der Waals surface area (Å²) in [6.45, 7) is 4.62. The lowest BCUT2D eigenvalue weighted by Gasteiger charge is -2.14. The van der Waals surface area contributed by atoms with Gasteiger partial charge in [0.1, 0.15) is 0 Å². The molecule has 1 heterocycles. The summed E-state index contributed by atoms with van der Waals surface area (Å²) in [5.41, 5.74) is 3.36. The van der Waals surface area contributed by atoms with Crippen LogP contribution in [0.25, 0.3) is 0 Å². The second-order valence-corrected chi connectivity index (χ2v) is 5.05. The van der Waals surface area contributed by atoms with Gasteiger partial charge in [-0.2, -0.15) is 0 Å². The lowest BCUT2D eigenvalue weighted by atomic mass is 10.1. The molecule has 0 bridgehead atoms. The molecule has 0 saturated carbocycles. The third kappa shape index (κ3) is 4.60. The van der Waals surface area contributed by atoms with E-state index >= 15 is 0 Å². The van der Waals surface area contributed by atoms with E-state index in [-0.39, 0.29) is 12.1 Å². The number of aromatic nitrogens is 1. The van der Waals surface area contributed by atoms with Crippen LogP contribution in [-0.2, 0) is 6.42 Å². The molecule has 0 aliphatic carbocycles. The van der Waals surface area contributed by atoms with Crippen molar-refractivity contribution >= 4 is 6.03 Å². The van der Waals surface area contributed by atoms with Crippen LogP contribution in [-0.4, -0.2) is 17.6 Å². The molecular formula is C17H21N3O. The van der Waals surface area contributed by atoms with Crippen molar-refractivity contribution in [1.82, 2.24) is 15.6 Å². The number of carbonyl (C=O) groups is 1. The average molecular weight is 283 g/mol. The van der Waals surface area contributed by atoms with Crippen LogP contribution >= 0.6 is 0 Å². The van der Waals surface area contributed by atoms with Gasteiger partial charge in [-0.3, -0.25) is 4.98 Å². The van der Waals surface area contributed by atoms with E-state index in [4.69, 9.17) is 0 Å². The molecule has 1 aromatic carbocycles. The number of hydrogen-bond acceptors (Lipinski definition) is 2. The Kier molecular flexibility index (Phi) is 5.32. The summed E-state index contributed by atoms with van der Waals surface area (Å²) in [5.74, 6) is 0. The first-order chi connectivity index (χ1) is 10.2. The van der Waals surface area contributed by atoms with Gasteiger partial charge in [-0.05, 0) is 43.5 Å². The van der Waals surface area contributed by atoms with Crippen LogP contribution in [0.15, 0.2) is 48.7 Å². The minimum Gasteiger partial charge on any atom is -0.338 e. The van der Waals surface area contributed by atoms with Crippen LogP contribution in [0.5, 0.6) is 0 Å². The minimum absolute atomic E-state index is 0.107. The zero-order valence-electron chi connectivity index (χ0n) is 12.5. The van der Waals surface area contributed by atoms with Gasteiger partial charge in [0.25, 0.3) is 0 Å². The van der Waals surface area contributed by atoms with Crippen molar-refractivity contribution in [1.29, 1.82) is 0 Å². The van der Waals surface area contributed by atoms with Gasteiger partial charge >= 0.3 is 6.03 Å². The second-order valence-electron chi connectivity index (χ2n) is 5.05. The minimum atomic E-state index is -0.165. The van der Waals surface area contributed by atoms with E-state index in [1.165, 1.54) is 11.1 Å². The predicted octanol–water partition coefficient (Wildman–Crippen LogP) is 2.99. The standard InChI is InChI=1S/C17H21N3O/c1-13-7-3-4-8-15(13)10-12-19-17(21)20-14(2)16-9-5-6-11-18-16/h3-9,11,14H,10,12H2,1-2H3,(H2,19,20,21)/t14-/m1/s1. The lowest BCUT2D eigenvalue weighted by molar-refractivity contribution is 0.238. The Morgan fingerprint density at radius 3 is 2.67 bits per heavy atom. The molecule has 2 N–H and O–H groups in total. The molecule has 1 atom stereocenters. The zero-order valence-corrected chi connectivity index (χ0v) is 12.5. The number of carbonyl (C=O) groups excluding carboxylic acids is 1. The van der Waals surface area contributed by atoms with Crippen molar-refractivity contribution in [2.75, 3.05) is 6.54 Å². The molecule has 0 saturated heterocycles. The fourth-order valence-corrected chi connectivity index (χ4v) is 2.16. The average Bonchev–Trinajstić information content (AvgIpc) is 2.50. The molecule has 0 spiro atoms. The maximum atomic E-state index is 11.9. The van der Waals surface area contributed by atoms with Gasteiger partial charge in [-0.1, -0.05) is 30.3 Å². The molecule has 4 nitrogen and oxygen atoms in total. The molecule has 2 aromatic rings. The number of benzene rings is 1. The van der Waals surface area contributed by atoms with Crippen LogP contribution in [0.4, 0.5) is 4.79 Å². The van der Waals surface area contributed by atoms with Gasteiger partial charge in [-0.15, -0.1) is 0 Å². The lowest BCUT2D eigenvalue weighted by Crippen LogP contribution is -2.38. The highest BCUT2D eigenvalue weighted by atomic mass is 16.2. The van der Waals surface area contributed by atoms with Crippen molar-refractivity contribution in [3.63, 3.8) is 0 Å². The van der Waals surface area contributed by atoms with E-state index in [0.717, 1.165) is 12.1 Å². The summed E-state index contributed by atoms with van der Waals surface area (Å²) in [7, 11) is 0. The SMILES string of the molecule is Cc1ccccc1CCNC(=O)N[C@H](C)c1ccccn1. The summed E-state index contributed by atoms with van der Waals surface area (Å²) in [5, 5.41) is 5.77. The van der Waals surface area contributed by atoms with Gasteiger partial charge in [0.15, 0.2) is 0 Å². The van der Waals surface area contributed by atoms with Crippen LogP contribution in [0.2, 0.25) is 0 Å². The predicted molar refractivity (Wildman–Crippen MR) is 84.1 cm³/mol. The van der Waals surface area contributed by atoms with Crippen molar-refractivity contribution < 1.29 is 4.79 Å². The molecular weight excluding hydrogens is 262 g/mol. The molecule has 1 aromatic heterocycles. The van der Waals surface area contributed by atoms with E-state index in [9.17, 15) is 4.79 Å². The maximum absolute atomic E-state index is 11.9. The number of aryl methyl sites for hydroxylation is 1. The van der Waals surface area contributed by atoms with Crippen LogP contribution in [0.1, 0.15) is 29.8 Å². The third-order valence-corrected chi connectivity index (χ3v) is 3.42. The van der Waals surface area contributed by atoms with Gasteiger partial charge in [0.05, 0.1) is 11.7 Å². The summed E-state index contributed by atoms with van der Waals surface area (Å²) in [6.07, 6.45) is 2.56. The normalized spacial score (nSPS) is 11.7. The number of rotatable bonds is 5. The number of hydrogen-bond donors (Lipinski definition) is 2. The van der Waals surface area contributed by atoms with Crippen molar-refractivity contribution in [2.45, 2.75) is 26.3 Å². The molecule has 0 aliphatic rings. The zero-order chi connectivity index (χ0) is 15.1. The summed E-state index contributed by atoms with van der Waals surface area (Å²) >= 11 is 0. The van der Waals surface area contributed by atoms with Gasteiger partial charge in [0.2, 0.25) is 0 Å². The first-order valence-corrected chi connectivity index (χ1v) is 7.16. The first kappa shape index (κ1) is 15.0. The van der Waals surface area contributed by atoms with Crippen LogP contribution < -0.4 is 10.6 Å². The monoisotopic (exact) mass is 283 g/mol. The molecule has 21 heavy (non-hydrogen) atoms. The summed E-state index contributed by atoms with van der Waals surface area (Å²) in [6, 6.07) is 13.6. The Morgan fingerprint density at radius 1 is 1.19 bits per heavy atom. The summed E-state index contributed by atoms with van der Waals surface area (Å²) in [4.78, 5) is 16.1. The van der Waals surface area contributed by atoms with Gasteiger partial charge in [0, 0.05) is 12.7 Å². The summed E-state index contributed by atoms with van der Waals surface area (Å²) < 4.78 is 0.